The first-order valence-electron chi connectivity index (χ1n) is 6.64. The number of hydrogen-bond donors (Lipinski definition) is 0. The van der Waals surface area contributed by atoms with Crippen molar-refractivity contribution in [2.75, 3.05) is 7.11 Å². The largest absolute Gasteiger partial charge is 0.496 e. The third-order valence-electron chi connectivity index (χ3n) is 3.49. The Labute approximate surface area is 137 Å². The van der Waals surface area contributed by atoms with Crippen LogP contribution in [0.5, 0.6) is 5.75 Å². The van der Waals surface area contributed by atoms with Gasteiger partial charge in [0.1, 0.15) is 5.75 Å². The molecule has 0 N–H and O–H groups in total. The number of methoxy groups -OCH3 is 1. The minimum Gasteiger partial charge on any atom is -0.496 e. The highest BCUT2D eigenvalue weighted by molar-refractivity contribution is 9.10. The van der Waals surface area contributed by atoms with E-state index in [2.05, 4.69) is 82.1 Å². The SMILES string of the molecule is CCc1ccccc1C(Br)c1cc(Br)c(C)cc1OC. The summed E-state index contributed by atoms with van der Waals surface area (Å²) in [5.74, 6) is 0.915. The Bertz CT molecular complexity index is 608. The fourth-order valence-electron chi connectivity index (χ4n) is 2.32. The summed E-state index contributed by atoms with van der Waals surface area (Å²) in [5, 5.41) is 0. The van der Waals surface area contributed by atoms with E-state index in [4.69, 9.17) is 4.74 Å². The predicted molar refractivity (Wildman–Crippen MR) is 92.0 cm³/mol. The van der Waals surface area contributed by atoms with Crippen molar-refractivity contribution < 1.29 is 4.74 Å². The molecule has 1 nitrogen and oxygen atoms in total. The van der Waals surface area contributed by atoms with E-state index in [9.17, 15) is 0 Å². The van der Waals surface area contributed by atoms with Crippen LogP contribution in [0.3, 0.4) is 0 Å². The highest BCUT2D eigenvalue weighted by atomic mass is 79.9. The maximum Gasteiger partial charge on any atom is 0.123 e. The molecule has 0 saturated carbocycles. The van der Waals surface area contributed by atoms with Gasteiger partial charge in [-0.05, 0) is 42.2 Å². The second-order valence-corrected chi connectivity index (χ2v) is 6.53. The zero-order chi connectivity index (χ0) is 14.7. The number of rotatable bonds is 4. The van der Waals surface area contributed by atoms with Crippen LogP contribution in [0.25, 0.3) is 0 Å². The predicted octanol–water partition coefficient (Wildman–Crippen LogP) is 5.81. The van der Waals surface area contributed by atoms with E-state index in [0.717, 1.165) is 22.2 Å². The Morgan fingerprint density at radius 3 is 2.50 bits per heavy atom. The second-order valence-electron chi connectivity index (χ2n) is 4.76. The monoisotopic (exact) mass is 396 g/mol. The Morgan fingerprint density at radius 2 is 1.85 bits per heavy atom. The topological polar surface area (TPSA) is 9.23 Å². The van der Waals surface area contributed by atoms with Gasteiger partial charge in [-0.2, -0.15) is 0 Å². The molecule has 0 amide bonds. The van der Waals surface area contributed by atoms with Crippen LogP contribution in [0.4, 0.5) is 0 Å². The van der Waals surface area contributed by atoms with Crippen LogP contribution in [0.2, 0.25) is 0 Å². The van der Waals surface area contributed by atoms with E-state index in [1.807, 2.05) is 0 Å². The highest BCUT2D eigenvalue weighted by Crippen LogP contribution is 2.40. The summed E-state index contributed by atoms with van der Waals surface area (Å²) in [6, 6.07) is 12.7. The molecule has 2 rings (SSSR count). The Hall–Kier alpha value is -0.800. The molecule has 0 bridgehead atoms. The highest BCUT2D eigenvalue weighted by Gasteiger charge is 2.18. The lowest BCUT2D eigenvalue weighted by Gasteiger charge is -2.18. The maximum atomic E-state index is 5.55. The van der Waals surface area contributed by atoms with Gasteiger partial charge in [0.2, 0.25) is 0 Å². The second kappa shape index (κ2) is 6.77. The van der Waals surface area contributed by atoms with E-state index in [1.165, 1.54) is 16.7 Å². The number of ether oxygens (including phenoxy) is 1. The number of benzene rings is 2. The third kappa shape index (κ3) is 3.09. The molecule has 0 spiro atoms. The van der Waals surface area contributed by atoms with Gasteiger partial charge in [-0.15, -0.1) is 0 Å². The number of hydrogen-bond acceptors (Lipinski definition) is 1. The van der Waals surface area contributed by atoms with Crippen molar-refractivity contribution in [3.8, 4) is 5.75 Å². The third-order valence-corrected chi connectivity index (χ3v) is 5.33. The molecule has 1 unspecified atom stereocenters. The standard InChI is InChI=1S/C17H18Br2O/c1-4-12-7-5-6-8-13(12)17(19)14-10-15(18)11(2)9-16(14)20-3/h5-10,17H,4H2,1-3H3. The number of aryl methyl sites for hydroxylation is 2. The van der Waals surface area contributed by atoms with Gasteiger partial charge in [-0.1, -0.05) is 63.0 Å². The smallest absolute Gasteiger partial charge is 0.123 e. The molecule has 2 aromatic rings. The molecule has 20 heavy (non-hydrogen) atoms. The van der Waals surface area contributed by atoms with Crippen molar-refractivity contribution in [1.29, 1.82) is 0 Å². The van der Waals surface area contributed by atoms with Gasteiger partial charge in [0.05, 0.1) is 11.9 Å². The first kappa shape index (κ1) is 15.6. The van der Waals surface area contributed by atoms with Gasteiger partial charge in [0, 0.05) is 10.0 Å². The van der Waals surface area contributed by atoms with Crippen LogP contribution in [0.1, 0.15) is 34.0 Å². The molecule has 2 aromatic carbocycles. The first-order chi connectivity index (χ1) is 9.58. The van der Waals surface area contributed by atoms with E-state index < -0.39 is 0 Å². The Balaban J connectivity index is 2.52. The van der Waals surface area contributed by atoms with Gasteiger partial charge in [0.25, 0.3) is 0 Å². The van der Waals surface area contributed by atoms with Gasteiger partial charge < -0.3 is 4.74 Å². The molecule has 3 heteroatoms. The lowest BCUT2D eigenvalue weighted by Crippen LogP contribution is -2.01. The summed E-state index contributed by atoms with van der Waals surface area (Å²) in [6.07, 6.45) is 1.02. The van der Waals surface area contributed by atoms with Crippen molar-refractivity contribution in [2.45, 2.75) is 25.1 Å². The van der Waals surface area contributed by atoms with Gasteiger partial charge in [-0.25, -0.2) is 0 Å². The van der Waals surface area contributed by atoms with Crippen molar-refractivity contribution in [2.24, 2.45) is 0 Å². The molecule has 0 aliphatic heterocycles. The fourth-order valence-corrected chi connectivity index (χ4v) is 3.48. The molecule has 106 valence electrons. The fraction of sp³-hybridized carbons (Fsp3) is 0.294. The van der Waals surface area contributed by atoms with Crippen molar-refractivity contribution in [3.05, 3.63) is 63.1 Å². The summed E-state index contributed by atoms with van der Waals surface area (Å²) >= 11 is 7.44. The summed E-state index contributed by atoms with van der Waals surface area (Å²) in [7, 11) is 1.72. The molecule has 0 fully saturated rings. The van der Waals surface area contributed by atoms with Crippen LogP contribution in [0.15, 0.2) is 40.9 Å². The van der Waals surface area contributed by atoms with Crippen molar-refractivity contribution in [1.82, 2.24) is 0 Å². The zero-order valence-corrected chi connectivity index (χ0v) is 15.1. The Morgan fingerprint density at radius 1 is 1.15 bits per heavy atom. The van der Waals surface area contributed by atoms with Gasteiger partial charge >= 0.3 is 0 Å². The summed E-state index contributed by atoms with van der Waals surface area (Å²) < 4.78 is 6.65. The lowest BCUT2D eigenvalue weighted by atomic mass is 9.97. The Kier molecular flexibility index (Phi) is 5.28. The van der Waals surface area contributed by atoms with Crippen LogP contribution in [-0.2, 0) is 6.42 Å². The van der Waals surface area contributed by atoms with Crippen LogP contribution >= 0.6 is 31.9 Å². The van der Waals surface area contributed by atoms with E-state index >= 15 is 0 Å². The average Bonchev–Trinajstić information content (AvgIpc) is 2.48. The van der Waals surface area contributed by atoms with Crippen LogP contribution in [-0.4, -0.2) is 7.11 Å². The van der Waals surface area contributed by atoms with Crippen LogP contribution < -0.4 is 4.74 Å². The number of halogens is 2. The first-order valence-corrected chi connectivity index (χ1v) is 8.35. The van der Waals surface area contributed by atoms with E-state index in [-0.39, 0.29) is 4.83 Å². The molecule has 0 saturated heterocycles. The molecular weight excluding hydrogens is 380 g/mol. The van der Waals surface area contributed by atoms with E-state index in [1.54, 1.807) is 7.11 Å². The van der Waals surface area contributed by atoms with Crippen molar-refractivity contribution in [3.63, 3.8) is 0 Å². The normalized spacial score (nSPS) is 12.2. The minimum absolute atomic E-state index is 0.130. The molecular formula is C17H18Br2O. The summed E-state index contributed by atoms with van der Waals surface area (Å²) in [5.41, 5.74) is 4.97. The van der Waals surface area contributed by atoms with Gasteiger partial charge in [0.15, 0.2) is 0 Å². The summed E-state index contributed by atoms with van der Waals surface area (Å²) in [4.78, 5) is 0.130. The summed E-state index contributed by atoms with van der Waals surface area (Å²) in [6.45, 7) is 4.25. The molecule has 0 aliphatic carbocycles. The maximum absolute atomic E-state index is 5.55. The molecule has 0 aromatic heterocycles. The molecule has 1 atom stereocenters. The molecule has 0 heterocycles. The lowest BCUT2D eigenvalue weighted by molar-refractivity contribution is 0.410. The quantitative estimate of drug-likeness (QED) is 0.591. The molecule has 0 aliphatic rings. The average molecular weight is 398 g/mol. The van der Waals surface area contributed by atoms with Crippen LogP contribution in [0, 0.1) is 6.92 Å². The number of alkyl halides is 1. The molecule has 0 radical (unpaired) electrons. The van der Waals surface area contributed by atoms with E-state index in [0.29, 0.717) is 0 Å². The zero-order valence-electron chi connectivity index (χ0n) is 11.9. The van der Waals surface area contributed by atoms with Gasteiger partial charge in [-0.3, -0.25) is 0 Å². The minimum atomic E-state index is 0.130. The van der Waals surface area contributed by atoms with Crippen molar-refractivity contribution >= 4 is 31.9 Å².